The zero-order valence-electron chi connectivity index (χ0n) is 11.6. The van der Waals surface area contributed by atoms with Gasteiger partial charge < -0.3 is 35.2 Å². The molecule has 1 saturated heterocycles. The maximum absolute atomic E-state index is 10.8. The quantitative estimate of drug-likeness (QED) is 0.277. The third-order valence-corrected chi connectivity index (χ3v) is 3.85. The molecule has 1 aliphatic heterocycles. The number of aliphatic hydroxyl groups is 2. The van der Waals surface area contributed by atoms with Crippen molar-refractivity contribution in [3.63, 3.8) is 0 Å². The van der Waals surface area contributed by atoms with Crippen molar-refractivity contribution in [2.75, 3.05) is 18.7 Å². The Morgan fingerprint density at radius 3 is 2.83 bits per heavy atom. The number of rotatable bonds is 4. The van der Waals surface area contributed by atoms with Gasteiger partial charge in [0.05, 0.1) is 6.61 Å². The fourth-order valence-electron chi connectivity index (χ4n) is 2.25. The summed E-state index contributed by atoms with van der Waals surface area (Å²) in [6.07, 6.45) is -1.38. The number of nitrogens with two attached hydrogens (primary N) is 1. The number of ether oxygens (including phenoxy) is 2. The molecule has 1 aliphatic rings. The van der Waals surface area contributed by atoms with Crippen LogP contribution in [0.1, 0.15) is 0 Å². The molecule has 12 nitrogen and oxygen atoms in total. The molecule has 0 saturated carbocycles. The molecule has 3 heterocycles. The van der Waals surface area contributed by atoms with E-state index in [4.69, 9.17) is 25.0 Å². The van der Waals surface area contributed by atoms with E-state index in [-0.39, 0.29) is 53.1 Å². The van der Waals surface area contributed by atoms with E-state index >= 15 is 0 Å². The monoisotopic (exact) mass is 371 g/mol. The molecule has 3 atom stereocenters. The molecule has 2 aromatic rings. The van der Waals surface area contributed by atoms with E-state index in [0.717, 1.165) is 17.2 Å². The molecular formula is C10H15N5NaO7P. The Hall–Kier alpha value is -0.660. The second-order valence-corrected chi connectivity index (χ2v) is 6.55. The number of aliphatic hydroxyl groups excluding tert-OH is 1. The molecule has 1 fully saturated rings. The van der Waals surface area contributed by atoms with Crippen molar-refractivity contribution in [2.24, 2.45) is 0 Å². The molecule has 0 amide bonds. The molecule has 0 aromatic carbocycles. The van der Waals surface area contributed by atoms with E-state index in [9.17, 15) is 14.8 Å². The Kier molecular flexibility index (Phi) is 5.67. The van der Waals surface area contributed by atoms with Crippen molar-refractivity contribution in [3.8, 4) is 0 Å². The first-order valence-corrected chi connectivity index (χ1v) is 8.17. The van der Waals surface area contributed by atoms with Crippen LogP contribution in [0.15, 0.2) is 12.7 Å². The summed E-state index contributed by atoms with van der Waals surface area (Å²) in [5.41, 5.74) is 5.97. The zero-order chi connectivity index (χ0) is 16.8. The van der Waals surface area contributed by atoms with Crippen molar-refractivity contribution in [2.45, 2.75) is 18.1 Å². The molecule has 0 bridgehead atoms. The third-order valence-electron chi connectivity index (χ3n) is 3.36. The summed E-state index contributed by atoms with van der Waals surface area (Å²) in [6, 6.07) is 0. The number of imidazole rings is 1. The van der Waals surface area contributed by atoms with Gasteiger partial charge in [-0.15, -0.1) is 0 Å². The topological polar surface area (TPSA) is 186 Å². The van der Waals surface area contributed by atoms with Crippen LogP contribution in [0.4, 0.5) is 5.82 Å². The molecule has 0 unspecified atom stereocenters. The van der Waals surface area contributed by atoms with Crippen LogP contribution < -0.4 is 5.73 Å². The Morgan fingerprint density at radius 2 is 2.17 bits per heavy atom. The van der Waals surface area contributed by atoms with E-state index in [1.807, 2.05) is 0 Å². The van der Waals surface area contributed by atoms with Crippen molar-refractivity contribution in [1.29, 1.82) is 0 Å². The van der Waals surface area contributed by atoms with Crippen molar-refractivity contribution >= 4 is 54.1 Å². The minimum absolute atomic E-state index is 0. The average molecular weight is 371 g/mol. The van der Waals surface area contributed by atoms with E-state index in [1.165, 1.54) is 0 Å². The SMILES string of the molecule is Nc1ncnc2c1ncn2[C@]1(O)OC[C@@H](OCP(=O)(O)O)[C@@H]1O.[NaH]. The van der Waals surface area contributed by atoms with Gasteiger partial charge in [-0.25, -0.2) is 15.0 Å². The standard InChI is InChI=1S/C10H14N5O7P.Na.H/c11-8-6-9(13-2-12-8)15(3-14-6)10(17)7(16)5(1-22-10)21-4-23(18,19)20;;/h2-3,5,7,16-17H,1,4H2,(H2,11,12,13)(H2,18,19,20);;/t5-,7+,10-;;/m1../s1. The van der Waals surface area contributed by atoms with Gasteiger partial charge in [0.2, 0.25) is 0 Å². The molecule has 2 aromatic heterocycles. The number of nitrogens with zero attached hydrogens (tertiary/aromatic N) is 4. The number of hydrogen-bond acceptors (Lipinski definition) is 9. The fraction of sp³-hybridized carbons (Fsp3) is 0.500. The molecule has 3 rings (SSSR count). The van der Waals surface area contributed by atoms with Crippen LogP contribution in [-0.4, -0.2) is 94.2 Å². The number of hydrogen-bond donors (Lipinski definition) is 5. The van der Waals surface area contributed by atoms with Gasteiger partial charge >= 0.3 is 37.2 Å². The normalized spacial score (nSPS) is 27.3. The van der Waals surface area contributed by atoms with Crippen LogP contribution in [0.2, 0.25) is 0 Å². The molecular weight excluding hydrogens is 356 g/mol. The van der Waals surface area contributed by atoms with Gasteiger partial charge in [0.15, 0.2) is 17.6 Å². The number of fused-ring (bicyclic) bond motifs is 1. The summed E-state index contributed by atoms with van der Waals surface area (Å²) in [5.74, 6) is -2.19. The molecule has 14 heteroatoms. The summed E-state index contributed by atoms with van der Waals surface area (Å²) >= 11 is 0. The van der Waals surface area contributed by atoms with Crippen LogP contribution in [0.25, 0.3) is 11.2 Å². The first-order valence-electron chi connectivity index (χ1n) is 6.37. The first-order chi connectivity index (χ1) is 10.7. The summed E-state index contributed by atoms with van der Waals surface area (Å²) in [4.78, 5) is 29.2. The van der Waals surface area contributed by atoms with Gasteiger partial charge in [0.1, 0.15) is 30.6 Å². The van der Waals surface area contributed by atoms with Gasteiger partial charge in [-0.3, -0.25) is 9.13 Å². The number of nitrogen functional groups attached to an aromatic ring is 1. The molecule has 0 aliphatic carbocycles. The number of aromatic nitrogens is 4. The molecule has 0 spiro atoms. The van der Waals surface area contributed by atoms with Gasteiger partial charge in [0, 0.05) is 0 Å². The zero-order valence-corrected chi connectivity index (χ0v) is 12.4. The van der Waals surface area contributed by atoms with Crippen LogP contribution in [0.3, 0.4) is 0 Å². The van der Waals surface area contributed by atoms with Gasteiger partial charge in [-0.1, -0.05) is 0 Å². The molecule has 6 N–H and O–H groups in total. The summed E-state index contributed by atoms with van der Waals surface area (Å²) in [7, 11) is -4.42. The van der Waals surface area contributed by atoms with Crippen molar-refractivity contribution in [3.05, 3.63) is 12.7 Å². The number of anilines is 1. The molecule has 128 valence electrons. The van der Waals surface area contributed by atoms with Gasteiger partial charge in [-0.05, 0) is 0 Å². The predicted molar refractivity (Wildman–Crippen MR) is 80.8 cm³/mol. The maximum atomic E-state index is 10.8. The van der Waals surface area contributed by atoms with E-state index in [1.54, 1.807) is 0 Å². The second-order valence-electron chi connectivity index (χ2n) is 4.96. The van der Waals surface area contributed by atoms with E-state index < -0.39 is 32.1 Å². The minimum atomic E-state index is -4.42. The van der Waals surface area contributed by atoms with Crippen LogP contribution in [-0.2, 0) is 19.9 Å². The predicted octanol–water partition coefficient (Wildman–Crippen LogP) is -2.73. The fourth-order valence-corrected chi connectivity index (χ4v) is 2.64. The summed E-state index contributed by atoms with van der Waals surface area (Å²) in [5, 5.41) is 20.8. The van der Waals surface area contributed by atoms with Crippen LogP contribution >= 0.6 is 7.60 Å². The first kappa shape index (κ1) is 19.7. The van der Waals surface area contributed by atoms with Crippen molar-refractivity contribution < 1.29 is 34.0 Å². The summed E-state index contributed by atoms with van der Waals surface area (Å²) < 4.78 is 22.0. The Balaban J connectivity index is 0.00000208. The molecule has 24 heavy (non-hydrogen) atoms. The summed E-state index contributed by atoms with van der Waals surface area (Å²) in [6.45, 7) is -0.294. The van der Waals surface area contributed by atoms with E-state index in [0.29, 0.717) is 0 Å². The Morgan fingerprint density at radius 1 is 1.46 bits per heavy atom. The Labute approximate surface area is 157 Å². The average Bonchev–Trinajstić information content (AvgIpc) is 3.01. The van der Waals surface area contributed by atoms with Gasteiger partial charge in [-0.2, -0.15) is 0 Å². The van der Waals surface area contributed by atoms with Crippen molar-refractivity contribution in [1.82, 2.24) is 19.5 Å². The molecule has 0 radical (unpaired) electrons. The Bertz CT molecular complexity index is 784. The van der Waals surface area contributed by atoms with E-state index in [2.05, 4.69) is 15.0 Å². The second kappa shape index (κ2) is 6.92. The van der Waals surface area contributed by atoms with Gasteiger partial charge in [0.25, 0.3) is 5.91 Å². The third kappa shape index (κ3) is 3.48. The van der Waals surface area contributed by atoms with Crippen LogP contribution in [0.5, 0.6) is 0 Å². The van der Waals surface area contributed by atoms with Crippen LogP contribution in [0, 0.1) is 0 Å².